The van der Waals surface area contributed by atoms with E-state index in [0.29, 0.717) is 6.42 Å². The predicted molar refractivity (Wildman–Crippen MR) is 51.1 cm³/mol. The highest BCUT2D eigenvalue weighted by atomic mass is 16.3. The second-order valence-corrected chi connectivity index (χ2v) is 3.58. The Bertz CT molecular complexity index is 108. The molecular weight excluding hydrogens is 152 g/mol. The molecule has 1 unspecified atom stereocenters. The van der Waals surface area contributed by atoms with Crippen LogP contribution in [0.3, 0.4) is 0 Å². The van der Waals surface area contributed by atoms with E-state index in [1.165, 1.54) is 0 Å². The fourth-order valence-electron chi connectivity index (χ4n) is 1.41. The first-order valence-electron chi connectivity index (χ1n) is 4.98. The predicted octanol–water partition coefficient (Wildman–Crippen LogP) is 2.09. The molecule has 0 aliphatic rings. The third kappa shape index (κ3) is 4.07. The fourth-order valence-corrected chi connectivity index (χ4v) is 1.41. The molecule has 0 fully saturated rings. The van der Waals surface area contributed by atoms with Gasteiger partial charge in [0.2, 0.25) is 0 Å². The van der Waals surface area contributed by atoms with Crippen LogP contribution in [0, 0.1) is 0 Å². The number of rotatable bonds is 6. The molecule has 0 heterocycles. The van der Waals surface area contributed by atoms with Crippen molar-refractivity contribution in [2.75, 3.05) is 0 Å². The maximum atomic E-state index is 9.87. The molecule has 0 bridgehead atoms. The van der Waals surface area contributed by atoms with Crippen molar-refractivity contribution in [2.45, 2.75) is 64.6 Å². The van der Waals surface area contributed by atoms with Gasteiger partial charge in [-0.1, -0.05) is 27.2 Å². The third-order valence-electron chi connectivity index (χ3n) is 2.55. The summed E-state index contributed by atoms with van der Waals surface area (Å²) in [6.07, 6.45) is 3.41. The Balaban J connectivity index is 3.84. The van der Waals surface area contributed by atoms with Gasteiger partial charge in [0.05, 0.1) is 11.7 Å². The minimum atomic E-state index is -0.644. The van der Waals surface area contributed by atoms with Crippen molar-refractivity contribution in [3.8, 4) is 0 Å². The van der Waals surface area contributed by atoms with Crippen LogP contribution < -0.4 is 0 Å². The van der Waals surface area contributed by atoms with Crippen molar-refractivity contribution < 1.29 is 10.2 Å². The minimum Gasteiger partial charge on any atom is -0.393 e. The topological polar surface area (TPSA) is 40.5 Å². The molecule has 0 amide bonds. The van der Waals surface area contributed by atoms with Gasteiger partial charge in [0, 0.05) is 6.42 Å². The van der Waals surface area contributed by atoms with Crippen LogP contribution in [0.1, 0.15) is 52.9 Å². The number of aliphatic hydroxyl groups is 2. The number of hydrogen-bond donors (Lipinski definition) is 2. The number of hydrogen-bond acceptors (Lipinski definition) is 2. The van der Waals surface area contributed by atoms with E-state index in [1.54, 1.807) is 0 Å². The molecule has 0 aliphatic carbocycles. The molecule has 0 aromatic carbocycles. The molecule has 0 rings (SSSR count). The molecule has 2 nitrogen and oxygen atoms in total. The van der Waals surface area contributed by atoms with E-state index in [0.717, 1.165) is 25.7 Å². The summed E-state index contributed by atoms with van der Waals surface area (Å²) >= 11 is 0. The summed E-state index contributed by atoms with van der Waals surface area (Å²) in [5.41, 5.74) is -0.644. The van der Waals surface area contributed by atoms with Gasteiger partial charge in [-0.25, -0.2) is 0 Å². The largest absolute Gasteiger partial charge is 0.393 e. The van der Waals surface area contributed by atoms with Crippen LogP contribution in [0.5, 0.6) is 0 Å². The normalized spacial score (nSPS) is 14.8. The zero-order valence-electron chi connectivity index (χ0n) is 8.51. The standard InChI is InChI=1S/C10H22O2/c1-4-7-9(11)8-10(12,5-2)6-3/h9,11-12H,4-8H2,1-3H3. The van der Waals surface area contributed by atoms with E-state index in [2.05, 4.69) is 0 Å². The molecule has 12 heavy (non-hydrogen) atoms. The Morgan fingerprint density at radius 1 is 1.17 bits per heavy atom. The van der Waals surface area contributed by atoms with Crippen LogP contribution in [0.2, 0.25) is 0 Å². The summed E-state index contributed by atoms with van der Waals surface area (Å²) < 4.78 is 0. The molecule has 0 aromatic rings. The van der Waals surface area contributed by atoms with E-state index in [9.17, 15) is 10.2 Å². The summed E-state index contributed by atoms with van der Waals surface area (Å²) in [4.78, 5) is 0. The van der Waals surface area contributed by atoms with Crippen molar-refractivity contribution in [3.05, 3.63) is 0 Å². The average molecular weight is 174 g/mol. The van der Waals surface area contributed by atoms with Gasteiger partial charge in [-0.2, -0.15) is 0 Å². The Morgan fingerprint density at radius 2 is 1.67 bits per heavy atom. The van der Waals surface area contributed by atoms with Gasteiger partial charge in [0.15, 0.2) is 0 Å². The van der Waals surface area contributed by atoms with Crippen molar-refractivity contribution in [1.29, 1.82) is 0 Å². The summed E-state index contributed by atoms with van der Waals surface area (Å²) in [7, 11) is 0. The lowest BCUT2D eigenvalue weighted by atomic mass is 9.89. The first kappa shape index (κ1) is 11.9. The quantitative estimate of drug-likeness (QED) is 0.647. The third-order valence-corrected chi connectivity index (χ3v) is 2.55. The van der Waals surface area contributed by atoms with Crippen molar-refractivity contribution >= 4 is 0 Å². The Morgan fingerprint density at radius 3 is 2.00 bits per heavy atom. The van der Waals surface area contributed by atoms with Crippen LogP contribution in [-0.4, -0.2) is 21.9 Å². The molecule has 0 spiro atoms. The fraction of sp³-hybridized carbons (Fsp3) is 1.00. The SMILES string of the molecule is CCCC(O)CC(O)(CC)CC. The van der Waals surface area contributed by atoms with E-state index >= 15 is 0 Å². The highest BCUT2D eigenvalue weighted by Crippen LogP contribution is 2.22. The molecule has 2 heteroatoms. The van der Waals surface area contributed by atoms with Crippen LogP contribution >= 0.6 is 0 Å². The molecule has 2 N–H and O–H groups in total. The lowest BCUT2D eigenvalue weighted by Crippen LogP contribution is -2.31. The Kier molecular flexibility index (Phi) is 5.51. The van der Waals surface area contributed by atoms with Crippen LogP contribution in [0.15, 0.2) is 0 Å². The Labute approximate surface area is 75.6 Å². The van der Waals surface area contributed by atoms with Crippen LogP contribution in [0.25, 0.3) is 0 Å². The zero-order chi connectivity index (χ0) is 9.61. The molecule has 0 aromatic heterocycles. The molecule has 0 saturated carbocycles. The molecule has 0 aliphatic heterocycles. The van der Waals surface area contributed by atoms with Gasteiger partial charge >= 0.3 is 0 Å². The van der Waals surface area contributed by atoms with Crippen LogP contribution in [0.4, 0.5) is 0 Å². The first-order valence-corrected chi connectivity index (χ1v) is 4.98. The monoisotopic (exact) mass is 174 g/mol. The van der Waals surface area contributed by atoms with E-state index < -0.39 is 5.60 Å². The lowest BCUT2D eigenvalue weighted by molar-refractivity contribution is -0.0187. The zero-order valence-corrected chi connectivity index (χ0v) is 8.51. The smallest absolute Gasteiger partial charge is 0.0667 e. The van der Waals surface area contributed by atoms with Gasteiger partial charge in [0.1, 0.15) is 0 Å². The van der Waals surface area contributed by atoms with Crippen LogP contribution in [-0.2, 0) is 0 Å². The summed E-state index contributed by atoms with van der Waals surface area (Å²) in [6.45, 7) is 5.96. The molecule has 1 atom stereocenters. The summed E-state index contributed by atoms with van der Waals surface area (Å²) in [5.74, 6) is 0. The highest BCUT2D eigenvalue weighted by Gasteiger charge is 2.25. The first-order chi connectivity index (χ1) is 5.58. The minimum absolute atomic E-state index is 0.333. The molecule has 74 valence electrons. The molecule has 0 saturated heterocycles. The maximum absolute atomic E-state index is 9.87. The lowest BCUT2D eigenvalue weighted by Gasteiger charge is -2.27. The Hall–Kier alpha value is -0.0800. The summed E-state index contributed by atoms with van der Waals surface area (Å²) in [6, 6.07) is 0. The number of aliphatic hydroxyl groups excluding tert-OH is 1. The van der Waals surface area contributed by atoms with E-state index in [4.69, 9.17) is 0 Å². The van der Waals surface area contributed by atoms with Gasteiger partial charge < -0.3 is 10.2 Å². The van der Waals surface area contributed by atoms with E-state index in [1.807, 2.05) is 20.8 Å². The van der Waals surface area contributed by atoms with Gasteiger partial charge in [0.25, 0.3) is 0 Å². The second kappa shape index (κ2) is 5.55. The van der Waals surface area contributed by atoms with Gasteiger partial charge in [-0.3, -0.25) is 0 Å². The van der Waals surface area contributed by atoms with Gasteiger partial charge in [-0.05, 0) is 19.3 Å². The second-order valence-electron chi connectivity index (χ2n) is 3.58. The van der Waals surface area contributed by atoms with E-state index in [-0.39, 0.29) is 6.10 Å². The van der Waals surface area contributed by atoms with Gasteiger partial charge in [-0.15, -0.1) is 0 Å². The molecular formula is C10H22O2. The molecule has 0 radical (unpaired) electrons. The van der Waals surface area contributed by atoms with Crippen molar-refractivity contribution in [3.63, 3.8) is 0 Å². The highest BCUT2D eigenvalue weighted by molar-refractivity contribution is 4.78. The van der Waals surface area contributed by atoms with Crippen molar-refractivity contribution in [1.82, 2.24) is 0 Å². The summed E-state index contributed by atoms with van der Waals surface area (Å²) in [5, 5.41) is 19.4. The maximum Gasteiger partial charge on any atom is 0.0667 e. The average Bonchev–Trinajstić information content (AvgIpc) is 2.05. The van der Waals surface area contributed by atoms with Crippen molar-refractivity contribution in [2.24, 2.45) is 0 Å².